The largest absolute Gasteiger partial charge is 0.506 e. The number of rotatable bonds is 3. The third kappa shape index (κ3) is 3.44. The quantitative estimate of drug-likeness (QED) is 0.591. The highest BCUT2D eigenvalue weighted by molar-refractivity contribution is 14.1. The Labute approximate surface area is 157 Å². The Bertz CT molecular complexity index is 929. The first-order chi connectivity index (χ1) is 11.5. The normalized spacial score (nSPS) is 10.8. The highest BCUT2D eigenvalue weighted by atomic mass is 127. The summed E-state index contributed by atoms with van der Waals surface area (Å²) in [5.74, 6) is -0.508. The lowest BCUT2D eigenvalue weighted by molar-refractivity contribution is 0.0948. The summed E-state index contributed by atoms with van der Waals surface area (Å²) in [6.45, 7) is 2.20. The summed E-state index contributed by atoms with van der Waals surface area (Å²) < 4.78 is 0.899. The molecule has 7 heteroatoms. The number of carbonyl (C=O) groups is 1. The summed E-state index contributed by atoms with van der Waals surface area (Å²) in [6, 6.07) is 8.95. The molecular weight excluding hydrogens is 441 g/mol. The molecule has 1 amide bonds. The molecule has 3 rings (SSSR count). The number of halogens is 2. The minimum Gasteiger partial charge on any atom is -0.506 e. The Morgan fingerprint density at radius 2 is 2.04 bits per heavy atom. The van der Waals surface area contributed by atoms with Gasteiger partial charge in [-0.3, -0.25) is 4.79 Å². The van der Waals surface area contributed by atoms with Crippen LogP contribution in [0.25, 0.3) is 11.0 Å². The summed E-state index contributed by atoms with van der Waals surface area (Å²) in [4.78, 5) is 20.8. The first-order valence-corrected chi connectivity index (χ1v) is 8.59. The van der Waals surface area contributed by atoms with Crippen molar-refractivity contribution in [3.63, 3.8) is 0 Å². The van der Waals surface area contributed by atoms with Gasteiger partial charge < -0.3 is 10.4 Å². The molecule has 0 atom stereocenters. The predicted molar refractivity (Wildman–Crippen MR) is 101 cm³/mol. The van der Waals surface area contributed by atoms with Gasteiger partial charge in [-0.1, -0.05) is 23.7 Å². The van der Waals surface area contributed by atoms with Gasteiger partial charge in [0.2, 0.25) is 0 Å². The van der Waals surface area contributed by atoms with Crippen LogP contribution in [0.3, 0.4) is 0 Å². The van der Waals surface area contributed by atoms with Gasteiger partial charge in [0.25, 0.3) is 5.91 Å². The third-order valence-corrected chi connectivity index (χ3v) is 4.91. The second-order valence-electron chi connectivity index (χ2n) is 5.26. The zero-order chi connectivity index (χ0) is 17.3. The summed E-state index contributed by atoms with van der Waals surface area (Å²) in [5, 5.41) is 14.3. The van der Waals surface area contributed by atoms with Crippen LogP contribution in [0.4, 0.5) is 0 Å². The molecule has 122 valence electrons. The van der Waals surface area contributed by atoms with E-state index in [4.69, 9.17) is 11.6 Å². The van der Waals surface area contributed by atoms with Crippen LogP contribution < -0.4 is 5.32 Å². The van der Waals surface area contributed by atoms with Gasteiger partial charge in [-0.15, -0.1) is 0 Å². The minimum absolute atomic E-state index is 0.112. The molecule has 24 heavy (non-hydrogen) atoms. The minimum atomic E-state index is -0.396. The lowest BCUT2D eigenvalue weighted by Crippen LogP contribution is -2.23. The van der Waals surface area contributed by atoms with Crippen molar-refractivity contribution in [2.45, 2.75) is 13.5 Å². The molecule has 1 aromatic carbocycles. The van der Waals surface area contributed by atoms with Crippen LogP contribution in [-0.4, -0.2) is 21.0 Å². The van der Waals surface area contributed by atoms with Gasteiger partial charge in [0, 0.05) is 21.3 Å². The standard InChI is InChI=1S/C17H13ClIN3O2/c1-9-14(19)6-12-15(23)13(8-20-16(12)22-9)17(24)21-7-10-2-4-11(18)5-3-10/h2-6,8H,7H2,1H3,(H,21,24)(H,20,22,23). The highest BCUT2D eigenvalue weighted by Gasteiger charge is 2.16. The average Bonchev–Trinajstić information content (AvgIpc) is 2.56. The highest BCUT2D eigenvalue weighted by Crippen LogP contribution is 2.28. The Morgan fingerprint density at radius 3 is 2.75 bits per heavy atom. The third-order valence-electron chi connectivity index (χ3n) is 3.57. The van der Waals surface area contributed by atoms with Crippen molar-refractivity contribution in [2.75, 3.05) is 0 Å². The number of fused-ring (bicyclic) bond motifs is 1. The maximum Gasteiger partial charge on any atom is 0.256 e. The van der Waals surface area contributed by atoms with Crippen LogP contribution in [-0.2, 0) is 6.54 Å². The van der Waals surface area contributed by atoms with E-state index in [0.29, 0.717) is 22.6 Å². The number of aromatic hydroxyl groups is 1. The zero-order valence-electron chi connectivity index (χ0n) is 12.7. The number of carbonyl (C=O) groups excluding carboxylic acids is 1. The molecule has 2 N–H and O–H groups in total. The number of aromatic nitrogens is 2. The summed E-state index contributed by atoms with van der Waals surface area (Å²) >= 11 is 7.97. The average molecular weight is 454 g/mol. The second kappa shape index (κ2) is 6.90. The number of amides is 1. The molecule has 5 nitrogen and oxygen atoms in total. The van der Waals surface area contributed by atoms with E-state index in [1.807, 2.05) is 19.1 Å². The van der Waals surface area contributed by atoms with E-state index < -0.39 is 5.91 Å². The lowest BCUT2D eigenvalue weighted by atomic mass is 10.1. The molecule has 3 aromatic rings. The number of nitrogens with zero attached hydrogens (tertiary/aromatic N) is 2. The SMILES string of the molecule is Cc1nc2ncc(C(=O)NCc3ccc(Cl)cc3)c(O)c2cc1I. The molecule has 0 unspecified atom stereocenters. The van der Waals surface area contributed by atoms with Gasteiger partial charge in [-0.2, -0.15) is 0 Å². The molecule has 0 saturated heterocycles. The number of nitrogens with one attached hydrogen (secondary N) is 1. The van der Waals surface area contributed by atoms with E-state index in [9.17, 15) is 9.90 Å². The van der Waals surface area contributed by atoms with Crippen LogP contribution in [0.15, 0.2) is 36.5 Å². The van der Waals surface area contributed by atoms with Crippen LogP contribution >= 0.6 is 34.2 Å². The number of pyridine rings is 2. The van der Waals surface area contributed by atoms with E-state index in [-0.39, 0.29) is 11.3 Å². The molecule has 0 radical (unpaired) electrons. The predicted octanol–water partition coefficient (Wildman–Crippen LogP) is 3.83. The summed E-state index contributed by atoms with van der Waals surface area (Å²) in [5.41, 5.74) is 2.28. The lowest BCUT2D eigenvalue weighted by Gasteiger charge is -2.09. The fourth-order valence-corrected chi connectivity index (χ4v) is 2.78. The van der Waals surface area contributed by atoms with E-state index in [1.165, 1.54) is 6.20 Å². The summed E-state index contributed by atoms with van der Waals surface area (Å²) in [7, 11) is 0. The molecule has 0 saturated carbocycles. The number of aryl methyl sites for hydroxylation is 1. The number of benzene rings is 1. The molecule has 0 bridgehead atoms. The topological polar surface area (TPSA) is 75.1 Å². The first kappa shape index (κ1) is 16.9. The Kier molecular flexibility index (Phi) is 4.86. The maximum absolute atomic E-state index is 12.3. The van der Waals surface area contributed by atoms with Crippen molar-refractivity contribution in [3.05, 3.63) is 61.9 Å². The van der Waals surface area contributed by atoms with E-state index in [1.54, 1.807) is 18.2 Å². The number of hydrogen-bond donors (Lipinski definition) is 2. The van der Waals surface area contributed by atoms with Crippen molar-refractivity contribution < 1.29 is 9.90 Å². The second-order valence-corrected chi connectivity index (χ2v) is 6.86. The molecule has 0 spiro atoms. The molecular formula is C17H13ClIN3O2. The zero-order valence-corrected chi connectivity index (χ0v) is 15.6. The smallest absolute Gasteiger partial charge is 0.256 e. The van der Waals surface area contributed by atoms with Crippen molar-refractivity contribution in [2.24, 2.45) is 0 Å². The molecule has 2 aromatic heterocycles. The van der Waals surface area contributed by atoms with Crippen molar-refractivity contribution in [3.8, 4) is 5.75 Å². The molecule has 0 aliphatic heterocycles. The maximum atomic E-state index is 12.3. The van der Waals surface area contributed by atoms with Gasteiger partial charge in [-0.25, -0.2) is 9.97 Å². The van der Waals surface area contributed by atoms with Crippen molar-refractivity contribution in [1.82, 2.24) is 15.3 Å². The fourth-order valence-electron chi connectivity index (χ4n) is 2.22. The van der Waals surface area contributed by atoms with Crippen molar-refractivity contribution >= 4 is 51.1 Å². The van der Waals surface area contributed by atoms with E-state index in [2.05, 4.69) is 37.9 Å². The Balaban J connectivity index is 1.85. The van der Waals surface area contributed by atoms with Gasteiger partial charge in [0.15, 0.2) is 5.65 Å². The number of hydrogen-bond acceptors (Lipinski definition) is 4. The van der Waals surface area contributed by atoms with Gasteiger partial charge >= 0.3 is 0 Å². The van der Waals surface area contributed by atoms with Crippen LogP contribution in [0.5, 0.6) is 5.75 Å². The molecule has 0 aliphatic rings. The van der Waals surface area contributed by atoms with E-state index in [0.717, 1.165) is 14.8 Å². The molecule has 0 fully saturated rings. The first-order valence-electron chi connectivity index (χ1n) is 7.13. The summed E-state index contributed by atoms with van der Waals surface area (Å²) in [6.07, 6.45) is 1.34. The Hall–Kier alpha value is -1.93. The monoisotopic (exact) mass is 453 g/mol. The van der Waals surface area contributed by atoms with E-state index >= 15 is 0 Å². The van der Waals surface area contributed by atoms with Gasteiger partial charge in [-0.05, 0) is 53.3 Å². The van der Waals surface area contributed by atoms with Gasteiger partial charge in [0.1, 0.15) is 11.3 Å². The van der Waals surface area contributed by atoms with Crippen LogP contribution in [0.2, 0.25) is 5.02 Å². The van der Waals surface area contributed by atoms with Gasteiger partial charge in [0.05, 0.1) is 11.1 Å². The van der Waals surface area contributed by atoms with Crippen LogP contribution in [0.1, 0.15) is 21.6 Å². The molecule has 2 heterocycles. The molecule has 0 aliphatic carbocycles. The van der Waals surface area contributed by atoms with Crippen LogP contribution in [0, 0.1) is 10.5 Å². The van der Waals surface area contributed by atoms with Crippen molar-refractivity contribution in [1.29, 1.82) is 0 Å². The fraction of sp³-hybridized carbons (Fsp3) is 0.118. The Morgan fingerprint density at radius 1 is 1.33 bits per heavy atom.